The van der Waals surface area contributed by atoms with Gasteiger partial charge < -0.3 is 14.6 Å². The number of phenols is 1. The van der Waals surface area contributed by atoms with Gasteiger partial charge in [0.2, 0.25) is 6.79 Å². The van der Waals surface area contributed by atoms with Crippen LogP contribution in [0.3, 0.4) is 0 Å². The average molecular weight is 364 g/mol. The van der Waals surface area contributed by atoms with Crippen LogP contribution in [-0.2, 0) is 0 Å². The van der Waals surface area contributed by atoms with Crippen molar-refractivity contribution in [1.82, 2.24) is 5.43 Å². The van der Waals surface area contributed by atoms with E-state index in [-0.39, 0.29) is 40.1 Å². The fourth-order valence-corrected chi connectivity index (χ4v) is 2.29. The number of amides is 1. The number of halogens is 1. The van der Waals surface area contributed by atoms with Crippen molar-refractivity contribution in [1.29, 1.82) is 0 Å². The highest BCUT2D eigenvalue weighted by atomic mass is 35.5. The number of nitro groups is 1. The summed E-state index contributed by atoms with van der Waals surface area (Å²) in [5.74, 6) is -0.395. The van der Waals surface area contributed by atoms with Crippen LogP contribution >= 0.6 is 11.6 Å². The highest BCUT2D eigenvalue weighted by Gasteiger charge is 2.22. The molecule has 3 rings (SSSR count). The van der Waals surface area contributed by atoms with Crippen molar-refractivity contribution in [3.8, 4) is 17.2 Å². The van der Waals surface area contributed by atoms with E-state index in [9.17, 15) is 20.0 Å². The van der Waals surface area contributed by atoms with E-state index in [2.05, 4.69) is 10.5 Å². The van der Waals surface area contributed by atoms with E-state index in [0.29, 0.717) is 5.75 Å². The predicted molar refractivity (Wildman–Crippen MR) is 87.4 cm³/mol. The van der Waals surface area contributed by atoms with Crippen LogP contribution in [0.2, 0.25) is 5.02 Å². The largest absolute Gasteiger partial charge is 0.507 e. The maximum atomic E-state index is 12.0. The lowest BCUT2D eigenvalue weighted by molar-refractivity contribution is -0.385. The number of nitrogens with one attached hydrogen (secondary N) is 1. The fraction of sp³-hybridized carbons (Fsp3) is 0.0667. The first-order valence-electron chi connectivity index (χ1n) is 6.85. The molecule has 1 aliphatic rings. The third-order valence-corrected chi connectivity index (χ3v) is 3.53. The van der Waals surface area contributed by atoms with Gasteiger partial charge in [0.15, 0.2) is 11.5 Å². The molecule has 0 saturated carbocycles. The second kappa shape index (κ2) is 6.65. The summed E-state index contributed by atoms with van der Waals surface area (Å²) in [7, 11) is 0. The minimum atomic E-state index is -0.723. The minimum absolute atomic E-state index is 0.0299. The Morgan fingerprint density at radius 1 is 1.32 bits per heavy atom. The van der Waals surface area contributed by atoms with E-state index in [4.69, 9.17) is 21.1 Å². The van der Waals surface area contributed by atoms with E-state index in [0.717, 1.165) is 6.21 Å². The van der Waals surface area contributed by atoms with Crippen molar-refractivity contribution in [3.05, 3.63) is 56.6 Å². The Labute approximate surface area is 145 Å². The number of hydrogen-bond donors (Lipinski definition) is 2. The number of nitrogens with zero attached hydrogens (tertiary/aromatic N) is 2. The molecule has 10 heteroatoms. The number of rotatable bonds is 4. The molecule has 1 heterocycles. The molecule has 0 bridgehead atoms. The molecule has 0 fully saturated rings. The molecule has 0 atom stereocenters. The molecule has 0 unspecified atom stereocenters. The molecule has 1 amide bonds. The summed E-state index contributed by atoms with van der Waals surface area (Å²) in [5.41, 5.74) is 1.95. The first-order chi connectivity index (χ1) is 12.0. The smallest absolute Gasteiger partial charge is 0.282 e. The third-order valence-electron chi connectivity index (χ3n) is 3.29. The zero-order chi connectivity index (χ0) is 18.0. The van der Waals surface area contributed by atoms with Crippen LogP contribution in [0.1, 0.15) is 15.9 Å². The minimum Gasteiger partial charge on any atom is -0.507 e. The van der Waals surface area contributed by atoms with Gasteiger partial charge in [0.1, 0.15) is 5.75 Å². The first kappa shape index (κ1) is 16.5. The number of benzene rings is 2. The molecule has 2 aromatic carbocycles. The second-order valence-electron chi connectivity index (χ2n) is 4.88. The lowest BCUT2D eigenvalue weighted by Gasteiger charge is -2.04. The number of ether oxygens (including phenoxy) is 2. The first-order valence-corrected chi connectivity index (χ1v) is 7.23. The number of carbonyl (C=O) groups excluding carboxylic acids is 1. The number of hydrogen-bond acceptors (Lipinski definition) is 7. The molecule has 25 heavy (non-hydrogen) atoms. The molecular formula is C15H10ClN3O6. The van der Waals surface area contributed by atoms with Gasteiger partial charge in [-0.1, -0.05) is 11.6 Å². The van der Waals surface area contributed by atoms with Crippen LogP contribution in [0.25, 0.3) is 0 Å². The lowest BCUT2D eigenvalue weighted by Crippen LogP contribution is -2.17. The van der Waals surface area contributed by atoms with Gasteiger partial charge in [0.25, 0.3) is 11.6 Å². The number of carbonyl (C=O) groups is 1. The molecule has 2 N–H and O–H groups in total. The Hall–Kier alpha value is -3.33. The number of aromatic hydroxyl groups is 1. The van der Waals surface area contributed by atoms with Crippen molar-refractivity contribution < 1.29 is 24.3 Å². The molecule has 0 radical (unpaired) electrons. The Bertz CT molecular complexity index is 899. The lowest BCUT2D eigenvalue weighted by atomic mass is 10.1. The zero-order valence-electron chi connectivity index (χ0n) is 12.4. The molecule has 9 nitrogen and oxygen atoms in total. The van der Waals surface area contributed by atoms with E-state index in [1.165, 1.54) is 30.3 Å². The number of fused-ring (bicyclic) bond motifs is 1. The summed E-state index contributed by atoms with van der Waals surface area (Å²) in [6.45, 7) is -0.0299. The quantitative estimate of drug-likeness (QED) is 0.488. The van der Waals surface area contributed by atoms with Crippen LogP contribution in [0.5, 0.6) is 17.2 Å². The van der Waals surface area contributed by atoms with E-state index in [1.807, 2.05) is 0 Å². The number of nitro benzene ring substituents is 1. The van der Waals surface area contributed by atoms with Crippen molar-refractivity contribution in [2.45, 2.75) is 0 Å². The molecule has 1 aliphatic heterocycles. The van der Waals surface area contributed by atoms with Crippen LogP contribution in [0.15, 0.2) is 35.4 Å². The van der Waals surface area contributed by atoms with Crippen LogP contribution in [-0.4, -0.2) is 28.9 Å². The highest BCUT2D eigenvalue weighted by Crippen LogP contribution is 2.37. The Morgan fingerprint density at radius 2 is 2.04 bits per heavy atom. The van der Waals surface area contributed by atoms with Gasteiger partial charge in [-0.15, -0.1) is 0 Å². The summed E-state index contributed by atoms with van der Waals surface area (Å²) >= 11 is 5.77. The maximum absolute atomic E-state index is 12.0. The van der Waals surface area contributed by atoms with E-state index < -0.39 is 10.8 Å². The van der Waals surface area contributed by atoms with Crippen LogP contribution in [0, 0.1) is 10.1 Å². The fourth-order valence-electron chi connectivity index (χ4n) is 2.12. The standard InChI is InChI=1S/C15H10ClN3O6/c16-9-1-2-12(20)10(4-9)15(21)18-17-6-8-3-13-14(25-7-24-13)5-11(8)19(22)23/h1-6,20H,7H2,(H,18,21). The van der Waals surface area contributed by atoms with Crippen LogP contribution in [0.4, 0.5) is 5.69 Å². The molecule has 0 aromatic heterocycles. The average Bonchev–Trinajstić information content (AvgIpc) is 3.03. The van der Waals surface area contributed by atoms with Crippen molar-refractivity contribution >= 4 is 29.4 Å². The number of hydrazone groups is 1. The Kier molecular flexibility index (Phi) is 4.40. The Balaban J connectivity index is 1.81. The molecule has 128 valence electrons. The van der Waals surface area contributed by atoms with Crippen LogP contribution < -0.4 is 14.9 Å². The van der Waals surface area contributed by atoms with Gasteiger partial charge in [0, 0.05) is 5.02 Å². The maximum Gasteiger partial charge on any atom is 0.282 e. The van der Waals surface area contributed by atoms with Gasteiger partial charge in [0.05, 0.1) is 28.3 Å². The topological polar surface area (TPSA) is 123 Å². The SMILES string of the molecule is O=C(NN=Cc1cc2c(cc1[N+](=O)[O-])OCO2)c1cc(Cl)ccc1O. The van der Waals surface area contributed by atoms with Crippen molar-refractivity contribution in [2.24, 2.45) is 5.10 Å². The summed E-state index contributed by atoms with van der Waals surface area (Å²) in [5, 5.41) is 24.7. The molecule has 0 spiro atoms. The highest BCUT2D eigenvalue weighted by molar-refractivity contribution is 6.31. The molecule has 0 saturated heterocycles. The van der Waals surface area contributed by atoms with E-state index in [1.54, 1.807) is 0 Å². The number of phenolic OH excluding ortho intramolecular Hbond substituents is 1. The third kappa shape index (κ3) is 3.45. The van der Waals surface area contributed by atoms with Gasteiger partial charge in [-0.05, 0) is 24.3 Å². The Morgan fingerprint density at radius 3 is 2.76 bits per heavy atom. The normalized spacial score (nSPS) is 12.4. The second-order valence-corrected chi connectivity index (χ2v) is 5.32. The predicted octanol–water partition coefficient (Wildman–Crippen LogP) is 2.45. The van der Waals surface area contributed by atoms with Gasteiger partial charge in [-0.2, -0.15) is 5.10 Å². The summed E-state index contributed by atoms with van der Waals surface area (Å²) in [6.07, 6.45) is 1.10. The molecular weight excluding hydrogens is 354 g/mol. The van der Waals surface area contributed by atoms with Crippen molar-refractivity contribution in [3.63, 3.8) is 0 Å². The van der Waals surface area contributed by atoms with Gasteiger partial charge >= 0.3 is 0 Å². The van der Waals surface area contributed by atoms with Gasteiger partial charge in [-0.25, -0.2) is 5.43 Å². The molecule has 0 aliphatic carbocycles. The van der Waals surface area contributed by atoms with E-state index >= 15 is 0 Å². The van der Waals surface area contributed by atoms with Gasteiger partial charge in [-0.3, -0.25) is 14.9 Å². The zero-order valence-corrected chi connectivity index (χ0v) is 13.2. The summed E-state index contributed by atoms with van der Waals surface area (Å²) < 4.78 is 10.2. The van der Waals surface area contributed by atoms with Crippen molar-refractivity contribution in [2.75, 3.05) is 6.79 Å². The molecule has 2 aromatic rings. The summed E-state index contributed by atoms with van der Waals surface area (Å²) in [6, 6.07) is 6.56. The summed E-state index contributed by atoms with van der Waals surface area (Å²) in [4.78, 5) is 22.5. The monoisotopic (exact) mass is 363 g/mol.